The molecule has 0 aliphatic carbocycles. The Morgan fingerprint density at radius 1 is 1.37 bits per heavy atom. The lowest BCUT2D eigenvalue weighted by Gasteiger charge is -2.08. The van der Waals surface area contributed by atoms with Gasteiger partial charge in [0.2, 0.25) is 5.91 Å². The van der Waals surface area contributed by atoms with Gasteiger partial charge in [-0.15, -0.1) is 10.2 Å². The molecule has 1 aromatic heterocycles. The van der Waals surface area contributed by atoms with Gasteiger partial charge in [-0.05, 0) is 18.4 Å². The fraction of sp³-hybridized carbons (Fsp3) is 0.471. The van der Waals surface area contributed by atoms with Crippen molar-refractivity contribution in [3.8, 4) is 0 Å². The Balaban J connectivity index is 1.49. The molecule has 0 radical (unpaired) electrons. The maximum absolute atomic E-state index is 13.5. The van der Waals surface area contributed by atoms with Gasteiger partial charge < -0.3 is 9.88 Å². The lowest BCUT2D eigenvalue weighted by molar-refractivity contribution is -0.118. The van der Waals surface area contributed by atoms with Crippen LogP contribution >= 0.6 is 11.8 Å². The van der Waals surface area contributed by atoms with Crippen LogP contribution in [0.25, 0.3) is 0 Å². The lowest BCUT2D eigenvalue weighted by atomic mass is 10.1. The van der Waals surface area contributed by atoms with Crippen LogP contribution in [0.15, 0.2) is 29.4 Å². The summed E-state index contributed by atoms with van der Waals surface area (Å²) in [6, 6.07) is 6.30. The first-order valence-electron chi connectivity index (χ1n) is 8.55. The Morgan fingerprint density at radius 3 is 2.85 bits per heavy atom. The number of amides is 1. The highest BCUT2D eigenvalue weighted by Crippen LogP contribution is 2.23. The van der Waals surface area contributed by atoms with E-state index in [0.717, 1.165) is 0 Å². The summed E-state index contributed by atoms with van der Waals surface area (Å²) in [5.74, 6) is 0.774. The van der Waals surface area contributed by atoms with Gasteiger partial charge in [-0.2, -0.15) is 0 Å². The Morgan fingerprint density at radius 2 is 2.15 bits per heavy atom. The lowest BCUT2D eigenvalue weighted by Crippen LogP contribution is -2.25. The van der Waals surface area contributed by atoms with E-state index in [-0.39, 0.29) is 41.4 Å². The summed E-state index contributed by atoms with van der Waals surface area (Å²) in [6.07, 6.45) is 1.21. The molecule has 2 heterocycles. The van der Waals surface area contributed by atoms with Crippen LogP contribution in [-0.4, -0.2) is 46.3 Å². The zero-order valence-corrected chi connectivity index (χ0v) is 16.5. The molecule has 0 bridgehead atoms. The normalized spacial score (nSPS) is 18.5. The molecule has 1 amide bonds. The number of sulfone groups is 1. The number of halogens is 1. The topological polar surface area (TPSA) is 93.9 Å². The SMILES string of the molecule is Cn1c(C[C@@H]2CCS(=O)(=O)C2)nnc1SCC(=O)NCc1ccccc1F. The van der Waals surface area contributed by atoms with Crippen molar-refractivity contribution in [1.29, 1.82) is 0 Å². The van der Waals surface area contributed by atoms with Crippen LogP contribution in [0, 0.1) is 11.7 Å². The van der Waals surface area contributed by atoms with E-state index in [1.807, 2.05) is 0 Å². The zero-order valence-electron chi connectivity index (χ0n) is 14.9. The molecule has 10 heteroatoms. The minimum absolute atomic E-state index is 0.0693. The van der Waals surface area contributed by atoms with Crippen molar-refractivity contribution in [2.75, 3.05) is 17.3 Å². The van der Waals surface area contributed by atoms with E-state index in [1.54, 1.807) is 29.8 Å². The van der Waals surface area contributed by atoms with Crippen molar-refractivity contribution in [2.45, 2.75) is 24.5 Å². The van der Waals surface area contributed by atoms with E-state index >= 15 is 0 Å². The maximum Gasteiger partial charge on any atom is 0.230 e. The van der Waals surface area contributed by atoms with Crippen molar-refractivity contribution < 1.29 is 17.6 Å². The average molecular weight is 413 g/mol. The number of thioether (sulfide) groups is 1. The number of rotatable bonds is 7. The summed E-state index contributed by atoms with van der Waals surface area (Å²) in [5, 5.41) is 11.5. The maximum atomic E-state index is 13.5. The molecule has 1 atom stereocenters. The Hall–Kier alpha value is -1.94. The van der Waals surface area contributed by atoms with E-state index in [0.29, 0.717) is 29.4 Å². The minimum atomic E-state index is -2.92. The van der Waals surface area contributed by atoms with Crippen molar-refractivity contribution in [1.82, 2.24) is 20.1 Å². The fourth-order valence-corrected chi connectivity index (χ4v) is 5.58. The van der Waals surface area contributed by atoms with Gasteiger partial charge in [0.1, 0.15) is 11.6 Å². The van der Waals surface area contributed by atoms with Gasteiger partial charge >= 0.3 is 0 Å². The molecule has 0 unspecified atom stereocenters. The number of nitrogens with one attached hydrogen (secondary N) is 1. The summed E-state index contributed by atoms with van der Waals surface area (Å²) in [7, 11) is -1.11. The third-order valence-electron chi connectivity index (χ3n) is 4.49. The van der Waals surface area contributed by atoms with Crippen LogP contribution in [-0.2, 0) is 34.6 Å². The summed E-state index contributed by atoms with van der Waals surface area (Å²) in [5.41, 5.74) is 0.434. The molecule has 3 rings (SSSR count). The van der Waals surface area contributed by atoms with E-state index in [2.05, 4.69) is 15.5 Å². The number of hydrogen-bond donors (Lipinski definition) is 1. The summed E-state index contributed by atoms with van der Waals surface area (Å²) < 4.78 is 38.5. The molecule has 2 aromatic rings. The smallest absolute Gasteiger partial charge is 0.230 e. The molecule has 1 fully saturated rings. The number of nitrogens with zero attached hydrogens (tertiary/aromatic N) is 3. The molecule has 1 aromatic carbocycles. The molecule has 1 saturated heterocycles. The van der Waals surface area contributed by atoms with Gasteiger partial charge in [-0.1, -0.05) is 30.0 Å². The summed E-state index contributed by atoms with van der Waals surface area (Å²) in [6.45, 7) is 0.131. The Kier molecular flexibility index (Phi) is 6.15. The van der Waals surface area contributed by atoms with Gasteiger partial charge in [-0.3, -0.25) is 4.79 Å². The molecule has 1 aliphatic heterocycles. The van der Waals surface area contributed by atoms with Crippen molar-refractivity contribution in [3.05, 3.63) is 41.5 Å². The largest absolute Gasteiger partial charge is 0.351 e. The third-order valence-corrected chi connectivity index (χ3v) is 7.35. The highest BCUT2D eigenvalue weighted by atomic mass is 32.2. The Bertz CT molecular complexity index is 930. The molecule has 1 aliphatic rings. The highest BCUT2D eigenvalue weighted by molar-refractivity contribution is 7.99. The predicted octanol–water partition coefficient (Wildman–Crippen LogP) is 1.34. The molecular formula is C17H21FN4O3S2. The minimum Gasteiger partial charge on any atom is -0.351 e. The quantitative estimate of drug-likeness (QED) is 0.690. The third kappa shape index (κ3) is 5.29. The van der Waals surface area contributed by atoms with E-state index in [1.165, 1.54) is 17.8 Å². The first-order valence-corrected chi connectivity index (χ1v) is 11.4. The van der Waals surface area contributed by atoms with Gasteiger partial charge in [0.25, 0.3) is 0 Å². The number of carbonyl (C=O) groups is 1. The van der Waals surface area contributed by atoms with Crippen LogP contribution < -0.4 is 5.32 Å². The van der Waals surface area contributed by atoms with Gasteiger partial charge in [0.05, 0.1) is 17.3 Å². The van der Waals surface area contributed by atoms with Crippen LogP contribution in [0.2, 0.25) is 0 Å². The van der Waals surface area contributed by atoms with Crippen LogP contribution in [0.4, 0.5) is 4.39 Å². The molecule has 146 valence electrons. The second kappa shape index (κ2) is 8.39. The highest BCUT2D eigenvalue weighted by Gasteiger charge is 2.29. The summed E-state index contributed by atoms with van der Waals surface area (Å²) in [4.78, 5) is 12.0. The number of benzene rings is 1. The average Bonchev–Trinajstić information content (AvgIpc) is 3.15. The molecule has 7 nitrogen and oxygen atoms in total. The van der Waals surface area contributed by atoms with Gasteiger partial charge in [-0.25, -0.2) is 12.8 Å². The van der Waals surface area contributed by atoms with E-state index in [4.69, 9.17) is 0 Å². The van der Waals surface area contributed by atoms with Crippen LogP contribution in [0.3, 0.4) is 0 Å². The van der Waals surface area contributed by atoms with Crippen molar-refractivity contribution in [3.63, 3.8) is 0 Å². The van der Waals surface area contributed by atoms with Crippen LogP contribution in [0.1, 0.15) is 17.8 Å². The van der Waals surface area contributed by atoms with Gasteiger partial charge in [0, 0.05) is 25.6 Å². The summed E-state index contributed by atoms with van der Waals surface area (Å²) >= 11 is 1.24. The first-order chi connectivity index (χ1) is 12.8. The molecule has 1 N–H and O–H groups in total. The molecule has 27 heavy (non-hydrogen) atoms. The molecule has 0 spiro atoms. The number of carbonyl (C=O) groups excluding carboxylic acids is 1. The Labute approximate surface area is 161 Å². The number of hydrogen-bond acceptors (Lipinski definition) is 6. The molecular weight excluding hydrogens is 391 g/mol. The van der Waals surface area contributed by atoms with E-state index in [9.17, 15) is 17.6 Å². The van der Waals surface area contributed by atoms with Crippen LogP contribution in [0.5, 0.6) is 0 Å². The van der Waals surface area contributed by atoms with Crippen molar-refractivity contribution >= 4 is 27.5 Å². The standard InChI is InChI=1S/C17H21FN4O3S2/c1-22-15(8-12-6-7-27(24,25)11-12)20-21-17(22)26-10-16(23)19-9-13-4-2-3-5-14(13)18/h2-5,12H,6-11H2,1H3,(H,19,23)/t12-/m0/s1. The van der Waals surface area contributed by atoms with Crippen molar-refractivity contribution in [2.24, 2.45) is 13.0 Å². The second-order valence-electron chi connectivity index (χ2n) is 6.59. The van der Waals surface area contributed by atoms with Gasteiger partial charge in [0.15, 0.2) is 15.0 Å². The fourth-order valence-electron chi connectivity index (χ4n) is 2.96. The van der Waals surface area contributed by atoms with E-state index < -0.39 is 9.84 Å². The second-order valence-corrected chi connectivity index (χ2v) is 9.76. The number of aromatic nitrogens is 3. The monoisotopic (exact) mass is 412 g/mol. The molecule has 0 saturated carbocycles. The zero-order chi connectivity index (χ0) is 19.4. The first kappa shape index (κ1) is 19.8. The predicted molar refractivity (Wildman–Crippen MR) is 100 cm³/mol.